The van der Waals surface area contributed by atoms with Crippen molar-refractivity contribution < 1.29 is 4.79 Å². The van der Waals surface area contributed by atoms with Crippen LogP contribution in [-0.4, -0.2) is 18.9 Å². The molecule has 2 rings (SSSR count). The number of carbonyl (C=O) groups is 1. The molecule has 2 saturated carbocycles. The van der Waals surface area contributed by atoms with Gasteiger partial charge >= 0.3 is 0 Å². The smallest absolute Gasteiger partial charge is 0.132 e. The van der Waals surface area contributed by atoms with Crippen LogP contribution in [0.25, 0.3) is 0 Å². The van der Waals surface area contributed by atoms with Gasteiger partial charge in [0, 0.05) is 12.8 Å². The fourth-order valence-corrected chi connectivity index (χ4v) is 3.12. The number of hydrogen-bond donors (Lipinski definition) is 1. The Morgan fingerprint density at radius 3 is 2.38 bits per heavy atom. The third kappa shape index (κ3) is 3.89. The van der Waals surface area contributed by atoms with E-state index in [1.54, 1.807) is 0 Å². The molecule has 0 heterocycles. The maximum atomic E-state index is 11.1. The van der Waals surface area contributed by atoms with E-state index < -0.39 is 0 Å². The van der Waals surface area contributed by atoms with Crippen LogP contribution in [0.2, 0.25) is 0 Å². The van der Waals surface area contributed by atoms with E-state index >= 15 is 0 Å². The number of nitrogens with one attached hydrogen (secondary N) is 1. The first-order valence-electron chi connectivity index (χ1n) is 7.07. The van der Waals surface area contributed by atoms with E-state index in [4.69, 9.17) is 0 Å². The highest BCUT2D eigenvalue weighted by molar-refractivity contribution is 5.79. The van der Waals surface area contributed by atoms with Crippen LogP contribution in [0.1, 0.15) is 57.8 Å². The molecule has 0 radical (unpaired) electrons. The maximum Gasteiger partial charge on any atom is 0.132 e. The molecular weight excluding hydrogens is 198 g/mol. The average molecular weight is 223 g/mol. The van der Waals surface area contributed by atoms with E-state index in [2.05, 4.69) is 5.32 Å². The van der Waals surface area contributed by atoms with E-state index in [9.17, 15) is 4.79 Å². The van der Waals surface area contributed by atoms with Gasteiger partial charge in [-0.2, -0.15) is 0 Å². The van der Waals surface area contributed by atoms with Crippen LogP contribution < -0.4 is 5.32 Å². The lowest BCUT2D eigenvalue weighted by Crippen LogP contribution is -2.27. The normalized spacial score (nSPS) is 24.1. The first kappa shape index (κ1) is 12.1. The summed E-state index contributed by atoms with van der Waals surface area (Å²) in [6, 6.07) is 0. The molecule has 2 nitrogen and oxygen atoms in total. The van der Waals surface area contributed by atoms with Gasteiger partial charge in [-0.05, 0) is 44.2 Å². The van der Waals surface area contributed by atoms with Crippen molar-refractivity contribution in [1.82, 2.24) is 5.32 Å². The Bertz CT molecular complexity index is 211. The Balaban J connectivity index is 1.49. The third-order valence-corrected chi connectivity index (χ3v) is 4.30. The van der Waals surface area contributed by atoms with Gasteiger partial charge in [0.1, 0.15) is 5.78 Å². The summed E-state index contributed by atoms with van der Waals surface area (Å²) in [4.78, 5) is 11.1. The van der Waals surface area contributed by atoms with Gasteiger partial charge in [0.2, 0.25) is 0 Å². The second-order valence-corrected chi connectivity index (χ2v) is 5.63. The van der Waals surface area contributed by atoms with Crippen molar-refractivity contribution in [2.24, 2.45) is 11.8 Å². The zero-order valence-electron chi connectivity index (χ0n) is 10.3. The molecule has 2 fully saturated rings. The molecule has 0 spiro atoms. The summed E-state index contributed by atoms with van der Waals surface area (Å²) in [5.41, 5.74) is 0. The number of hydrogen-bond acceptors (Lipinski definition) is 2. The molecule has 0 aliphatic heterocycles. The van der Waals surface area contributed by atoms with Gasteiger partial charge in [-0.25, -0.2) is 0 Å². The summed E-state index contributed by atoms with van der Waals surface area (Å²) in [6.45, 7) is 2.33. The van der Waals surface area contributed by atoms with Crippen molar-refractivity contribution >= 4 is 5.78 Å². The first-order valence-corrected chi connectivity index (χ1v) is 7.07. The van der Waals surface area contributed by atoms with E-state index in [-0.39, 0.29) is 0 Å². The lowest BCUT2D eigenvalue weighted by Gasteiger charge is -2.21. The van der Waals surface area contributed by atoms with Gasteiger partial charge in [-0.1, -0.05) is 25.7 Å². The minimum absolute atomic E-state index is 0.474. The van der Waals surface area contributed by atoms with E-state index in [1.165, 1.54) is 38.6 Å². The van der Waals surface area contributed by atoms with Crippen molar-refractivity contribution in [1.29, 1.82) is 0 Å². The number of carbonyl (C=O) groups excluding carboxylic acids is 1. The summed E-state index contributed by atoms with van der Waals surface area (Å²) in [7, 11) is 0. The van der Waals surface area contributed by atoms with Crippen LogP contribution in [0.3, 0.4) is 0 Å². The topological polar surface area (TPSA) is 29.1 Å². The molecule has 2 heteroatoms. The summed E-state index contributed by atoms with van der Waals surface area (Å²) < 4.78 is 0. The Hall–Kier alpha value is -0.370. The quantitative estimate of drug-likeness (QED) is 0.726. The van der Waals surface area contributed by atoms with Crippen LogP contribution in [0.15, 0.2) is 0 Å². The van der Waals surface area contributed by atoms with Gasteiger partial charge < -0.3 is 5.32 Å². The van der Waals surface area contributed by atoms with Crippen LogP contribution in [0.4, 0.5) is 0 Å². The molecule has 0 bridgehead atoms. The summed E-state index contributed by atoms with van der Waals surface area (Å²) in [5, 5.41) is 3.59. The fraction of sp³-hybridized carbons (Fsp3) is 0.929. The van der Waals surface area contributed by atoms with Crippen molar-refractivity contribution in [2.75, 3.05) is 13.1 Å². The van der Waals surface area contributed by atoms with Gasteiger partial charge in [0.15, 0.2) is 0 Å². The molecule has 0 aromatic heterocycles. The molecule has 0 aromatic carbocycles. The fourth-order valence-electron chi connectivity index (χ4n) is 3.12. The summed E-state index contributed by atoms with van der Waals surface area (Å²) in [5.74, 6) is 2.24. The second-order valence-electron chi connectivity index (χ2n) is 5.63. The van der Waals surface area contributed by atoms with Crippen molar-refractivity contribution in [3.63, 3.8) is 0 Å². The number of rotatable bonds is 5. The van der Waals surface area contributed by atoms with Gasteiger partial charge in [0.25, 0.3) is 0 Å². The van der Waals surface area contributed by atoms with E-state index in [1.807, 2.05) is 0 Å². The minimum atomic E-state index is 0.474. The molecule has 0 saturated heterocycles. The molecule has 2 aliphatic carbocycles. The SMILES string of the molecule is O=C1CCC(CNCCC2CCCC2)CC1. The van der Waals surface area contributed by atoms with Crippen molar-refractivity contribution in [3.8, 4) is 0 Å². The monoisotopic (exact) mass is 223 g/mol. The summed E-state index contributed by atoms with van der Waals surface area (Å²) in [6.07, 6.45) is 11.1. The molecular formula is C14H25NO. The van der Waals surface area contributed by atoms with Crippen LogP contribution in [0, 0.1) is 11.8 Å². The zero-order valence-corrected chi connectivity index (χ0v) is 10.3. The summed E-state index contributed by atoms with van der Waals surface area (Å²) >= 11 is 0. The molecule has 16 heavy (non-hydrogen) atoms. The Kier molecular flexibility index (Phi) is 4.83. The number of Topliss-reactive ketones (excluding diaryl/α,β-unsaturated/α-hetero) is 1. The highest BCUT2D eigenvalue weighted by Crippen LogP contribution is 2.27. The Labute approximate surface area is 99.2 Å². The second kappa shape index (κ2) is 6.39. The first-order chi connectivity index (χ1) is 7.84. The van der Waals surface area contributed by atoms with Crippen LogP contribution >= 0.6 is 0 Å². The Morgan fingerprint density at radius 1 is 1.00 bits per heavy atom. The zero-order chi connectivity index (χ0) is 11.2. The molecule has 92 valence electrons. The lowest BCUT2D eigenvalue weighted by molar-refractivity contribution is -0.120. The molecule has 0 atom stereocenters. The Morgan fingerprint density at radius 2 is 1.69 bits per heavy atom. The van der Waals surface area contributed by atoms with Crippen LogP contribution in [-0.2, 0) is 4.79 Å². The molecule has 2 aliphatic rings. The van der Waals surface area contributed by atoms with E-state index in [0.29, 0.717) is 5.78 Å². The largest absolute Gasteiger partial charge is 0.316 e. The third-order valence-electron chi connectivity index (χ3n) is 4.30. The predicted molar refractivity (Wildman–Crippen MR) is 66.4 cm³/mol. The van der Waals surface area contributed by atoms with Crippen molar-refractivity contribution in [2.45, 2.75) is 57.8 Å². The van der Waals surface area contributed by atoms with Gasteiger partial charge in [-0.15, -0.1) is 0 Å². The standard InChI is InChI=1S/C14H25NO/c16-14-7-5-13(6-8-14)11-15-10-9-12-3-1-2-4-12/h12-13,15H,1-11H2. The molecule has 0 amide bonds. The van der Waals surface area contributed by atoms with Crippen molar-refractivity contribution in [3.05, 3.63) is 0 Å². The average Bonchev–Trinajstić information content (AvgIpc) is 2.80. The predicted octanol–water partition coefficient (Wildman–Crippen LogP) is 2.92. The maximum absolute atomic E-state index is 11.1. The molecule has 0 unspecified atom stereocenters. The highest BCUT2D eigenvalue weighted by atomic mass is 16.1. The number of ketones is 1. The lowest BCUT2D eigenvalue weighted by atomic mass is 9.88. The van der Waals surface area contributed by atoms with Gasteiger partial charge in [0.05, 0.1) is 0 Å². The van der Waals surface area contributed by atoms with Crippen LogP contribution in [0.5, 0.6) is 0 Å². The molecule has 0 aromatic rings. The highest BCUT2D eigenvalue weighted by Gasteiger charge is 2.18. The van der Waals surface area contributed by atoms with E-state index in [0.717, 1.165) is 44.1 Å². The van der Waals surface area contributed by atoms with Gasteiger partial charge in [-0.3, -0.25) is 4.79 Å². The minimum Gasteiger partial charge on any atom is -0.316 e. The molecule has 1 N–H and O–H groups in total.